The summed E-state index contributed by atoms with van der Waals surface area (Å²) in [6.45, 7) is 1.13. The van der Waals surface area contributed by atoms with Crippen molar-refractivity contribution in [3.8, 4) is 0 Å². The lowest BCUT2D eigenvalue weighted by molar-refractivity contribution is -0.176. The molecule has 1 saturated heterocycles. The van der Waals surface area contributed by atoms with Crippen LogP contribution in [0.4, 0.5) is 5.82 Å². The molecule has 9 nitrogen and oxygen atoms in total. The van der Waals surface area contributed by atoms with Crippen molar-refractivity contribution < 1.29 is 24.9 Å². The van der Waals surface area contributed by atoms with Gasteiger partial charge in [-0.2, -0.15) is 4.98 Å². The van der Waals surface area contributed by atoms with Crippen LogP contribution in [0.3, 0.4) is 0 Å². The van der Waals surface area contributed by atoms with Crippen molar-refractivity contribution in [3.63, 3.8) is 0 Å². The van der Waals surface area contributed by atoms with E-state index in [2.05, 4.69) is 4.98 Å². The molecule has 1 aliphatic rings. The molecule has 0 aromatic carbocycles. The molecule has 1 aliphatic heterocycles. The predicted molar refractivity (Wildman–Crippen MR) is 74.8 cm³/mol. The van der Waals surface area contributed by atoms with Crippen LogP contribution in [-0.2, 0) is 15.3 Å². The minimum Gasteiger partial charge on any atom is -0.394 e. The zero-order valence-electron chi connectivity index (χ0n) is 12.0. The summed E-state index contributed by atoms with van der Waals surface area (Å²) in [6, 6.07) is 1.27. The summed E-state index contributed by atoms with van der Waals surface area (Å²) in [5.41, 5.74) is 2.40. The zero-order chi connectivity index (χ0) is 16.5. The Hall–Kier alpha value is -1.81. The Balaban J connectivity index is 2.62. The maximum absolute atomic E-state index is 12.5. The van der Waals surface area contributed by atoms with Gasteiger partial charge in [0.15, 0.2) is 5.78 Å². The lowest BCUT2D eigenvalue weighted by Gasteiger charge is -2.32. The third-order valence-electron chi connectivity index (χ3n) is 3.68. The summed E-state index contributed by atoms with van der Waals surface area (Å²) >= 11 is 0. The van der Waals surface area contributed by atoms with Gasteiger partial charge in [-0.1, -0.05) is 6.92 Å². The number of aliphatic hydroxyl groups is 3. The summed E-state index contributed by atoms with van der Waals surface area (Å²) in [5, 5.41) is 29.5. The Labute approximate surface area is 126 Å². The molecule has 122 valence electrons. The third-order valence-corrected chi connectivity index (χ3v) is 3.68. The number of nitrogens with zero attached hydrogens (tertiary/aromatic N) is 2. The summed E-state index contributed by atoms with van der Waals surface area (Å²) in [6.07, 6.45) is -2.79. The van der Waals surface area contributed by atoms with E-state index in [0.29, 0.717) is 6.42 Å². The monoisotopic (exact) mass is 313 g/mol. The molecule has 9 heteroatoms. The van der Waals surface area contributed by atoms with E-state index in [1.165, 1.54) is 12.3 Å². The number of carbonyl (C=O) groups excluding carboxylic acids is 1. The number of Topliss-reactive ketones (excluding diaryl/α,β-unsaturated/α-hetero) is 1. The number of ketones is 1. The van der Waals surface area contributed by atoms with E-state index in [9.17, 15) is 24.9 Å². The van der Waals surface area contributed by atoms with Gasteiger partial charge in [0.1, 0.15) is 24.1 Å². The van der Waals surface area contributed by atoms with Gasteiger partial charge in [0.05, 0.1) is 6.61 Å². The van der Waals surface area contributed by atoms with Crippen LogP contribution in [0.25, 0.3) is 0 Å². The Bertz CT molecular complexity index is 618. The molecule has 0 unspecified atom stereocenters. The van der Waals surface area contributed by atoms with Crippen LogP contribution in [0.5, 0.6) is 0 Å². The minimum atomic E-state index is -2.12. The van der Waals surface area contributed by atoms with Crippen molar-refractivity contribution >= 4 is 11.6 Å². The topological polar surface area (TPSA) is 148 Å². The molecule has 0 radical (unpaired) electrons. The first-order chi connectivity index (χ1) is 10.4. The molecule has 5 N–H and O–H groups in total. The number of hydrogen-bond acceptors (Lipinski definition) is 8. The van der Waals surface area contributed by atoms with Gasteiger partial charge >= 0.3 is 5.69 Å². The molecule has 4 atom stereocenters. The van der Waals surface area contributed by atoms with E-state index in [1.54, 1.807) is 6.92 Å². The van der Waals surface area contributed by atoms with E-state index in [4.69, 9.17) is 10.5 Å². The summed E-state index contributed by atoms with van der Waals surface area (Å²) < 4.78 is 6.24. The Morgan fingerprint density at radius 2 is 2.23 bits per heavy atom. The van der Waals surface area contributed by atoms with Gasteiger partial charge in [0, 0.05) is 12.6 Å². The van der Waals surface area contributed by atoms with Gasteiger partial charge in [-0.25, -0.2) is 4.79 Å². The van der Waals surface area contributed by atoms with Crippen LogP contribution in [0.2, 0.25) is 0 Å². The van der Waals surface area contributed by atoms with Gasteiger partial charge in [-0.15, -0.1) is 0 Å². The minimum absolute atomic E-state index is 0.0126. The number of nitrogens with two attached hydrogens (primary N) is 1. The molecule has 0 saturated carbocycles. The first kappa shape index (κ1) is 16.6. The smallest absolute Gasteiger partial charge is 0.352 e. The first-order valence-electron chi connectivity index (χ1n) is 6.92. The maximum Gasteiger partial charge on any atom is 0.352 e. The highest BCUT2D eigenvalue weighted by atomic mass is 16.6. The van der Waals surface area contributed by atoms with Crippen LogP contribution < -0.4 is 11.4 Å². The van der Waals surface area contributed by atoms with E-state index >= 15 is 0 Å². The fourth-order valence-corrected chi connectivity index (χ4v) is 2.59. The largest absolute Gasteiger partial charge is 0.394 e. The molecular formula is C13H19N3O6. The molecule has 22 heavy (non-hydrogen) atoms. The molecule has 1 fully saturated rings. The van der Waals surface area contributed by atoms with Crippen LogP contribution >= 0.6 is 0 Å². The molecule has 1 aromatic rings. The Morgan fingerprint density at radius 1 is 1.55 bits per heavy atom. The number of hydrogen-bond donors (Lipinski definition) is 4. The lowest BCUT2D eigenvalue weighted by Crippen LogP contribution is -2.55. The van der Waals surface area contributed by atoms with Gasteiger partial charge in [0.25, 0.3) is 0 Å². The fourth-order valence-electron chi connectivity index (χ4n) is 2.59. The first-order valence-corrected chi connectivity index (χ1v) is 6.92. The highest BCUT2D eigenvalue weighted by Gasteiger charge is 2.60. The number of carbonyl (C=O) groups is 1. The SMILES string of the molecule is CCCC(=O)[C@@]1(n2ccc(N)nc2=O)O[C@H](CO)[C@@H](O)[C@H]1O. The third kappa shape index (κ3) is 2.41. The number of anilines is 1. The molecule has 0 bridgehead atoms. The van der Waals surface area contributed by atoms with Crippen molar-refractivity contribution in [2.24, 2.45) is 0 Å². The summed E-state index contributed by atoms with van der Waals surface area (Å²) in [7, 11) is 0. The standard InChI is InChI=1S/C13H19N3O6/c1-2-3-8(18)13(11(20)10(19)7(6-17)22-13)16-5-4-9(14)15-12(16)21/h4-5,7,10-11,17,19-20H,2-3,6H2,1H3,(H2,14,15,21)/t7-,10-,11-,13-/m1/s1. The second kappa shape index (κ2) is 6.13. The molecular weight excluding hydrogens is 294 g/mol. The number of aliphatic hydroxyl groups excluding tert-OH is 3. The van der Waals surface area contributed by atoms with E-state index in [0.717, 1.165) is 4.57 Å². The Morgan fingerprint density at radius 3 is 2.73 bits per heavy atom. The zero-order valence-corrected chi connectivity index (χ0v) is 12.0. The number of ether oxygens (including phenoxy) is 1. The van der Waals surface area contributed by atoms with E-state index in [-0.39, 0.29) is 12.2 Å². The normalized spacial score (nSPS) is 31.4. The second-order valence-corrected chi connectivity index (χ2v) is 5.15. The fraction of sp³-hybridized carbons (Fsp3) is 0.615. The lowest BCUT2D eigenvalue weighted by atomic mass is 9.95. The van der Waals surface area contributed by atoms with E-state index < -0.39 is 42.1 Å². The highest BCUT2D eigenvalue weighted by Crippen LogP contribution is 2.36. The summed E-state index contributed by atoms with van der Waals surface area (Å²) in [5.74, 6) is -0.641. The van der Waals surface area contributed by atoms with Gasteiger partial charge in [-0.3, -0.25) is 9.36 Å². The molecule has 2 rings (SSSR count). The molecule has 0 amide bonds. The average Bonchev–Trinajstić information content (AvgIpc) is 2.73. The number of aromatic nitrogens is 2. The number of nitrogen functional groups attached to an aromatic ring is 1. The van der Waals surface area contributed by atoms with Crippen LogP contribution in [0, 0.1) is 0 Å². The highest BCUT2D eigenvalue weighted by molar-refractivity contribution is 5.86. The Kier molecular flexibility index (Phi) is 4.61. The quantitative estimate of drug-likeness (QED) is 0.486. The van der Waals surface area contributed by atoms with Gasteiger partial charge < -0.3 is 25.8 Å². The number of rotatable bonds is 5. The molecule has 0 spiro atoms. The maximum atomic E-state index is 12.5. The van der Waals surface area contributed by atoms with Gasteiger partial charge in [0.2, 0.25) is 5.72 Å². The van der Waals surface area contributed by atoms with E-state index in [1.807, 2.05) is 0 Å². The van der Waals surface area contributed by atoms with Crippen molar-refractivity contribution in [2.45, 2.75) is 43.8 Å². The second-order valence-electron chi connectivity index (χ2n) is 5.15. The summed E-state index contributed by atoms with van der Waals surface area (Å²) in [4.78, 5) is 28.1. The van der Waals surface area contributed by atoms with Crippen LogP contribution in [0.15, 0.2) is 17.1 Å². The van der Waals surface area contributed by atoms with Crippen molar-refractivity contribution in [2.75, 3.05) is 12.3 Å². The molecule has 0 aliphatic carbocycles. The average molecular weight is 313 g/mol. The van der Waals surface area contributed by atoms with Crippen molar-refractivity contribution in [1.29, 1.82) is 0 Å². The molecule has 1 aromatic heterocycles. The predicted octanol–water partition coefficient (Wildman–Crippen LogP) is -2.04. The van der Waals surface area contributed by atoms with Crippen LogP contribution in [-0.4, -0.2) is 55.6 Å². The molecule has 2 heterocycles. The van der Waals surface area contributed by atoms with Crippen LogP contribution in [0.1, 0.15) is 19.8 Å². The van der Waals surface area contributed by atoms with Gasteiger partial charge in [-0.05, 0) is 12.5 Å². The van der Waals surface area contributed by atoms with Crippen molar-refractivity contribution in [3.05, 3.63) is 22.7 Å². The van der Waals surface area contributed by atoms with Crippen molar-refractivity contribution in [1.82, 2.24) is 9.55 Å².